The van der Waals surface area contributed by atoms with Gasteiger partial charge in [-0.25, -0.2) is 19.2 Å². The van der Waals surface area contributed by atoms with Gasteiger partial charge in [0.05, 0.1) is 15.2 Å². The predicted octanol–water partition coefficient (Wildman–Crippen LogP) is 4.52. The maximum atomic E-state index is 14.3. The van der Waals surface area contributed by atoms with Crippen molar-refractivity contribution in [2.24, 2.45) is 0 Å². The molecule has 0 spiro atoms. The molecule has 3 rings (SSSR count). The minimum atomic E-state index is -0.535. The molecule has 1 aliphatic heterocycles. The molecule has 0 saturated carbocycles. The lowest BCUT2D eigenvalue weighted by Gasteiger charge is -2.39. The van der Waals surface area contributed by atoms with E-state index >= 15 is 0 Å². The van der Waals surface area contributed by atoms with Crippen LogP contribution in [0.2, 0.25) is 5.02 Å². The lowest BCUT2D eigenvalue weighted by molar-refractivity contribution is 0.00799. The Bertz CT molecular complexity index is 819. The summed E-state index contributed by atoms with van der Waals surface area (Å²) in [5, 5.41) is 0.830. The summed E-state index contributed by atoms with van der Waals surface area (Å²) in [5.74, 6) is -0.510. The van der Waals surface area contributed by atoms with Crippen LogP contribution in [0.5, 0.6) is 0 Å². The van der Waals surface area contributed by atoms with E-state index in [1.165, 1.54) is 6.33 Å². The van der Waals surface area contributed by atoms with Gasteiger partial charge in [-0.1, -0.05) is 11.6 Å². The van der Waals surface area contributed by atoms with Crippen molar-refractivity contribution in [3.63, 3.8) is 0 Å². The number of ether oxygens (including phenoxy) is 1. The van der Waals surface area contributed by atoms with E-state index in [0.717, 1.165) is 0 Å². The second-order valence-corrected chi connectivity index (χ2v) is 7.92. The summed E-state index contributed by atoms with van der Waals surface area (Å²) >= 11 is 9.17. The fraction of sp³-hybridized carbons (Fsp3) is 0.438. The summed E-state index contributed by atoms with van der Waals surface area (Å²) in [5.41, 5.74) is 0.368. The van der Waals surface area contributed by atoms with Crippen molar-refractivity contribution in [3.8, 4) is 0 Å². The number of hydrogen-bond donors (Lipinski definition) is 0. The van der Waals surface area contributed by atoms with Crippen molar-refractivity contribution in [2.75, 3.05) is 13.1 Å². The zero-order valence-electron chi connectivity index (χ0n) is 13.4. The Morgan fingerprint density at radius 2 is 2.08 bits per heavy atom. The second-order valence-electron chi connectivity index (χ2n) is 6.72. The lowest BCUT2D eigenvalue weighted by Crippen LogP contribution is -2.50. The normalized spacial score (nSPS) is 15.5. The number of fused-ring (bicyclic) bond motifs is 1. The lowest BCUT2D eigenvalue weighted by atomic mass is 9.93. The highest BCUT2D eigenvalue weighted by atomic mass is 79.9. The molecular formula is C16H16BrClFN3O2. The first-order valence-electron chi connectivity index (χ1n) is 7.43. The first kappa shape index (κ1) is 17.4. The molecule has 0 unspecified atom stereocenters. The smallest absolute Gasteiger partial charge is 0.410 e. The SMILES string of the molecule is CC(C)(C)OC(=O)N1CC(c2ncnc3c(F)c(Br)c(Cl)cc23)C1. The summed E-state index contributed by atoms with van der Waals surface area (Å²) in [6.07, 6.45) is 0.973. The molecule has 0 radical (unpaired) electrons. The van der Waals surface area contributed by atoms with Crippen LogP contribution in [0.1, 0.15) is 32.4 Å². The van der Waals surface area contributed by atoms with Crippen LogP contribution in [0.4, 0.5) is 9.18 Å². The van der Waals surface area contributed by atoms with Gasteiger partial charge in [-0.3, -0.25) is 0 Å². The van der Waals surface area contributed by atoms with Crippen LogP contribution in [0, 0.1) is 5.82 Å². The van der Waals surface area contributed by atoms with E-state index in [9.17, 15) is 9.18 Å². The minimum Gasteiger partial charge on any atom is -0.444 e. The van der Waals surface area contributed by atoms with Crippen LogP contribution in [0.25, 0.3) is 10.9 Å². The van der Waals surface area contributed by atoms with Crippen molar-refractivity contribution in [1.82, 2.24) is 14.9 Å². The van der Waals surface area contributed by atoms with Crippen LogP contribution < -0.4 is 0 Å². The van der Waals surface area contributed by atoms with Crippen LogP contribution in [-0.2, 0) is 4.74 Å². The Kier molecular flexibility index (Phi) is 4.42. The van der Waals surface area contributed by atoms with Crippen molar-refractivity contribution in [1.29, 1.82) is 0 Å². The van der Waals surface area contributed by atoms with Crippen molar-refractivity contribution in [2.45, 2.75) is 32.3 Å². The third kappa shape index (κ3) is 3.19. The van der Waals surface area contributed by atoms with Crippen molar-refractivity contribution >= 4 is 44.5 Å². The maximum absolute atomic E-state index is 14.3. The Morgan fingerprint density at radius 1 is 1.42 bits per heavy atom. The van der Waals surface area contributed by atoms with Crippen LogP contribution in [0.15, 0.2) is 16.9 Å². The number of nitrogens with zero attached hydrogens (tertiary/aromatic N) is 3. The number of halogens is 3. The number of benzene rings is 1. The van der Waals surface area contributed by atoms with Crippen LogP contribution >= 0.6 is 27.5 Å². The molecule has 1 aliphatic rings. The quantitative estimate of drug-likeness (QED) is 0.641. The van der Waals surface area contributed by atoms with Crippen LogP contribution in [0.3, 0.4) is 0 Å². The topological polar surface area (TPSA) is 55.3 Å². The molecule has 1 saturated heterocycles. The van der Waals surface area contributed by atoms with E-state index in [4.69, 9.17) is 16.3 Å². The number of rotatable bonds is 1. The molecule has 0 N–H and O–H groups in total. The molecule has 1 amide bonds. The first-order chi connectivity index (χ1) is 11.2. The molecule has 1 fully saturated rings. The standard InChI is InChI=1S/C16H16BrClFN3O2/c1-16(2,3)24-15(23)22-5-8(6-22)13-9-4-10(18)11(17)12(19)14(9)21-7-20-13/h4,7-8H,5-6H2,1-3H3. The number of aromatic nitrogens is 2. The maximum Gasteiger partial charge on any atom is 0.410 e. The number of amides is 1. The minimum absolute atomic E-state index is 0.000314. The molecule has 1 aromatic carbocycles. The zero-order chi connectivity index (χ0) is 17.6. The zero-order valence-corrected chi connectivity index (χ0v) is 15.8. The van der Waals surface area contributed by atoms with Gasteiger partial charge in [-0.15, -0.1) is 0 Å². The van der Waals surface area contributed by atoms with Gasteiger partial charge < -0.3 is 9.64 Å². The van der Waals surface area contributed by atoms with Gasteiger partial charge >= 0.3 is 6.09 Å². The van der Waals surface area contributed by atoms with Gasteiger partial charge in [0.15, 0.2) is 5.82 Å². The molecule has 2 aromatic rings. The molecule has 5 nitrogen and oxygen atoms in total. The Morgan fingerprint density at radius 3 is 2.71 bits per heavy atom. The van der Waals surface area contributed by atoms with Gasteiger partial charge in [0, 0.05) is 24.4 Å². The molecule has 24 heavy (non-hydrogen) atoms. The summed E-state index contributed by atoms with van der Waals surface area (Å²) in [7, 11) is 0. The van der Waals surface area contributed by atoms with E-state index in [0.29, 0.717) is 24.2 Å². The molecule has 8 heteroatoms. The predicted molar refractivity (Wildman–Crippen MR) is 92.8 cm³/mol. The van der Waals surface area contributed by atoms with Crippen molar-refractivity contribution < 1.29 is 13.9 Å². The number of carbonyl (C=O) groups is 1. The summed E-state index contributed by atoms with van der Waals surface area (Å²) in [4.78, 5) is 21.9. The molecule has 128 valence electrons. The van der Waals surface area contributed by atoms with E-state index < -0.39 is 11.4 Å². The van der Waals surface area contributed by atoms with Gasteiger partial charge in [-0.05, 0) is 42.8 Å². The molecule has 0 atom stereocenters. The average molecular weight is 417 g/mol. The summed E-state index contributed by atoms with van der Waals surface area (Å²) in [6, 6.07) is 1.65. The Balaban J connectivity index is 1.84. The van der Waals surface area contributed by atoms with Gasteiger partial charge in [-0.2, -0.15) is 0 Å². The third-order valence-corrected chi connectivity index (χ3v) is 5.02. The van der Waals surface area contributed by atoms with Crippen LogP contribution in [-0.4, -0.2) is 39.7 Å². The molecule has 0 bridgehead atoms. The monoisotopic (exact) mass is 415 g/mol. The van der Waals surface area contributed by atoms with E-state index in [1.54, 1.807) is 11.0 Å². The molecular weight excluding hydrogens is 401 g/mol. The third-order valence-electron chi connectivity index (χ3n) is 3.72. The fourth-order valence-corrected chi connectivity index (χ4v) is 3.07. The molecule has 0 aliphatic carbocycles. The number of likely N-dealkylation sites (tertiary alicyclic amines) is 1. The molecule has 1 aromatic heterocycles. The van der Waals surface area contributed by atoms with Gasteiger partial charge in [0.2, 0.25) is 0 Å². The average Bonchev–Trinajstić information content (AvgIpc) is 2.42. The second kappa shape index (κ2) is 6.11. The first-order valence-corrected chi connectivity index (χ1v) is 8.60. The summed E-state index contributed by atoms with van der Waals surface area (Å²) < 4.78 is 19.8. The molecule has 2 heterocycles. The Labute approximate surface area is 152 Å². The van der Waals surface area contributed by atoms with E-state index in [2.05, 4.69) is 25.9 Å². The fourth-order valence-electron chi connectivity index (χ4n) is 2.58. The highest BCUT2D eigenvalue weighted by Gasteiger charge is 2.36. The number of hydrogen-bond acceptors (Lipinski definition) is 4. The Hall–Kier alpha value is -1.47. The summed E-state index contributed by atoms with van der Waals surface area (Å²) in [6.45, 7) is 6.40. The highest BCUT2D eigenvalue weighted by molar-refractivity contribution is 9.10. The van der Waals surface area contributed by atoms with Gasteiger partial charge in [0.25, 0.3) is 0 Å². The van der Waals surface area contributed by atoms with Crippen molar-refractivity contribution in [3.05, 3.63) is 33.4 Å². The van der Waals surface area contributed by atoms with E-state index in [-0.39, 0.29) is 27.0 Å². The highest BCUT2D eigenvalue weighted by Crippen LogP contribution is 2.36. The van der Waals surface area contributed by atoms with E-state index in [1.807, 2.05) is 20.8 Å². The number of carbonyl (C=O) groups excluding carboxylic acids is 1. The largest absolute Gasteiger partial charge is 0.444 e. The van der Waals surface area contributed by atoms with Gasteiger partial charge in [0.1, 0.15) is 17.4 Å².